The minimum Gasteiger partial charge on any atom is -0.381 e. The molecule has 4 nitrogen and oxygen atoms in total. The SMILES string of the molecule is C=Cc1c(NC(C)c2cc(F)cc3c2N=C(C2CCOCC2)N(C2CC2)C3=C)ccc(F)c1F. The van der Waals surface area contributed by atoms with E-state index in [1.165, 1.54) is 24.3 Å². The van der Waals surface area contributed by atoms with E-state index in [0.717, 1.165) is 43.3 Å². The summed E-state index contributed by atoms with van der Waals surface area (Å²) in [5, 5.41) is 3.20. The monoisotopic (exact) mass is 467 g/mol. The quantitative estimate of drug-likeness (QED) is 0.506. The standard InChI is InChI=1S/C27H28F3N3O/c1-4-20-24(8-7-23(29)25(20)30)31-15(2)21-13-18(28)14-22-16(3)33(19-5-6-19)27(32-26(21)22)17-9-11-34-12-10-17/h4,7-8,13-15,17,19,31H,1,3,5-6,9-12H2,2H3. The topological polar surface area (TPSA) is 36.9 Å². The van der Waals surface area contributed by atoms with Crippen molar-refractivity contribution < 1.29 is 17.9 Å². The first-order valence-corrected chi connectivity index (χ1v) is 11.7. The van der Waals surface area contributed by atoms with E-state index < -0.39 is 23.5 Å². The van der Waals surface area contributed by atoms with Crippen LogP contribution in [0.3, 0.4) is 0 Å². The van der Waals surface area contributed by atoms with Crippen molar-refractivity contribution in [2.45, 2.75) is 44.7 Å². The van der Waals surface area contributed by atoms with E-state index in [2.05, 4.69) is 23.4 Å². The number of benzene rings is 2. The lowest BCUT2D eigenvalue weighted by atomic mass is 9.92. The lowest BCUT2D eigenvalue weighted by Gasteiger charge is -2.38. The summed E-state index contributed by atoms with van der Waals surface area (Å²) in [6, 6.07) is 5.38. The van der Waals surface area contributed by atoms with Crippen molar-refractivity contribution in [2.75, 3.05) is 18.5 Å². The van der Waals surface area contributed by atoms with E-state index in [9.17, 15) is 13.2 Å². The number of amidine groups is 1. The molecule has 1 saturated heterocycles. The van der Waals surface area contributed by atoms with E-state index in [-0.39, 0.29) is 11.5 Å². The van der Waals surface area contributed by atoms with Crippen LogP contribution in [0, 0.1) is 23.4 Å². The van der Waals surface area contributed by atoms with Crippen molar-refractivity contribution in [3.05, 3.63) is 71.6 Å². The molecule has 2 fully saturated rings. The molecule has 1 atom stereocenters. The third-order valence-corrected chi connectivity index (χ3v) is 6.85. The molecule has 0 spiro atoms. The summed E-state index contributed by atoms with van der Waals surface area (Å²) >= 11 is 0. The van der Waals surface area contributed by atoms with Crippen LogP contribution in [0.4, 0.5) is 24.5 Å². The van der Waals surface area contributed by atoms with Crippen LogP contribution in [0.1, 0.15) is 55.3 Å². The zero-order valence-corrected chi connectivity index (χ0v) is 19.2. The minimum atomic E-state index is -0.971. The number of rotatable bonds is 6. The molecule has 1 saturated carbocycles. The second kappa shape index (κ2) is 8.95. The smallest absolute Gasteiger partial charge is 0.168 e. The van der Waals surface area contributed by atoms with Crippen molar-refractivity contribution in [3.8, 4) is 0 Å². The number of nitrogens with zero attached hydrogens (tertiary/aromatic N) is 2. The Hall–Kier alpha value is -3.06. The van der Waals surface area contributed by atoms with Gasteiger partial charge in [-0.1, -0.05) is 19.2 Å². The molecule has 1 unspecified atom stereocenters. The lowest BCUT2D eigenvalue weighted by molar-refractivity contribution is 0.0805. The van der Waals surface area contributed by atoms with Crippen LogP contribution < -0.4 is 5.32 Å². The lowest BCUT2D eigenvalue weighted by Crippen LogP contribution is -2.40. The molecular weight excluding hydrogens is 439 g/mol. The first-order chi connectivity index (χ1) is 16.4. The highest BCUT2D eigenvalue weighted by molar-refractivity contribution is 6.00. The van der Waals surface area contributed by atoms with Gasteiger partial charge in [-0.3, -0.25) is 0 Å². The Kier molecular flexibility index (Phi) is 5.98. The van der Waals surface area contributed by atoms with Gasteiger partial charge in [-0.15, -0.1) is 0 Å². The molecule has 2 aromatic rings. The van der Waals surface area contributed by atoms with Gasteiger partial charge >= 0.3 is 0 Å². The summed E-state index contributed by atoms with van der Waals surface area (Å²) in [4.78, 5) is 7.30. The number of halogens is 3. The highest BCUT2D eigenvalue weighted by atomic mass is 19.2. The number of fused-ring (bicyclic) bond motifs is 1. The fraction of sp³-hybridized carbons (Fsp3) is 0.370. The third kappa shape index (κ3) is 4.02. The highest BCUT2D eigenvalue weighted by Crippen LogP contribution is 2.46. The van der Waals surface area contributed by atoms with Crippen LogP contribution in [0.5, 0.6) is 0 Å². The van der Waals surface area contributed by atoms with Crippen molar-refractivity contribution in [1.29, 1.82) is 0 Å². The molecule has 0 aromatic heterocycles. The molecule has 5 rings (SSSR count). The average molecular weight is 468 g/mol. The molecule has 1 aliphatic carbocycles. The van der Waals surface area contributed by atoms with Gasteiger partial charge in [0.05, 0.1) is 11.7 Å². The van der Waals surface area contributed by atoms with Crippen LogP contribution in [0.2, 0.25) is 0 Å². The first kappa shape index (κ1) is 22.7. The Morgan fingerprint density at radius 2 is 1.88 bits per heavy atom. The molecule has 1 N–H and O–H groups in total. The molecule has 2 aliphatic heterocycles. The van der Waals surface area contributed by atoms with Crippen LogP contribution in [-0.4, -0.2) is 30.0 Å². The van der Waals surface area contributed by atoms with Gasteiger partial charge in [0.2, 0.25) is 0 Å². The Bertz CT molecular complexity index is 1180. The molecule has 7 heteroatoms. The molecule has 2 aromatic carbocycles. The Labute approximate surface area is 197 Å². The van der Waals surface area contributed by atoms with Crippen molar-refractivity contribution >= 4 is 29.0 Å². The van der Waals surface area contributed by atoms with E-state index >= 15 is 0 Å². The molecule has 0 radical (unpaired) electrons. The van der Waals surface area contributed by atoms with E-state index in [1.54, 1.807) is 0 Å². The van der Waals surface area contributed by atoms with Gasteiger partial charge in [-0.05, 0) is 56.9 Å². The van der Waals surface area contributed by atoms with Gasteiger partial charge < -0.3 is 15.0 Å². The average Bonchev–Trinajstić information content (AvgIpc) is 3.67. The van der Waals surface area contributed by atoms with Gasteiger partial charge in [0, 0.05) is 53.2 Å². The van der Waals surface area contributed by atoms with Crippen LogP contribution in [-0.2, 0) is 4.74 Å². The normalized spacial score (nSPS) is 19.5. The van der Waals surface area contributed by atoms with Crippen molar-refractivity contribution in [3.63, 3.8) is 0 Å². The van der Waals surface area contributed by atoms with Gasteiger partial charge in [0.1, 0.15) is 11.7 Å². The zero-order chi connectivity index (χ0) is 24.0. The fourth-order valence-electron chi connectivity index (χ4n) is 4.92. The number of hydrogen-bond donors (Lipinski definition) is 1. The number of aliphatic imine (C=N–C) groups is 1. The maximum Gasteiger partial charge on any atom is 0.168 e. The predicted octanol–water partition coefficient (Wildman–Crippen LogP) is 6.83. The second-order valence-corrected chi connectivity index (χ2v) is 9.19. The van der Waals surface area contributed by atoms with Gasteiger partial charge in [0.15, 0.2) is 11.6 Å². The Balaban J connectivity index is 1.57. The maximum atomic E-state index is 14.8. The molecule has 2 heterocycles. The number of hydrogen-bond acceptors (Lipinski definition) is 4. The largest absolute Gasteiger partial charge is 0.381 e. The molecule has 0 amide bonds. The van der Waals surface area contributed by atoms with Gasteiger partial charge in [-0.2, -0.15) is 0 Å². The van der Waals surface area contributed by atoms with Gasteiger partial charge in [0.25, 0.3) is 0 Å². The van der Waals surface area contributed by atoms with Crippen LogP contribution in [0.25, 0.3) is 11.8 Å². The van der Waals surface area contributed by atoms with Gasteiger partial charge in [-0.25, -0.2) is 18.2 Å². The van der Waals surface area contributed by atoms with E-state index in [0.29, 0.717) is 41.8 Å². The Morgan fingerprint density at radius 1 is 1.15 bits per heavy atom. The van der Waals surface area contributed by atoms with Crippen molar-refractivity contribution in [1.82, 2.24) is 4.90 Å². The number of nitrogens with one attached hydrogen (secondary N) is 1. The van der Waals surface area contributed by atoms with E-state index in [4.69, 9.17) is 9.73 Å². The second-order valence-electron chi connectivity index (χ2n) is 9.19. The van der Waals surface area contributed by atoms with Crippen LogP contribution >= 0.6 is 0 Å². The zero-order valence-electron chi connectivity index (χ0n) is 19.2. The number of anilines is 1. The summed E-state index contributed by atoms with van der Waals surface area (Å²) in [6.07, 6.45) is 5.17. The highest BCUT2D eigenvalue weighted by Gasteiger charge is 2.40. The first-order valence-electron chi connectivity index (χ1n) is 11.7. The summed E-state index contributed by atoms with van der Waals surface area (Å²) < 4.78 is 48.4. The maximum absolute atomic E-state index is 14.8. The molecule has 3 aliphatic rings. The Morgan fingerprint density at radius 3 is 2.56 bits per heavy atom. The summed E-state index contributed by atoms with van der Waals surface area (Å²) in [5.41, 5.74) is 3.15. The molecular formula is C27H28F3N3O. The summed E-state index contributed by atoms with van der Waals surface area (Å²) in [6.45, 7) is 11.2. The van der Waals surface area contributed by atoms with Crippen LogP contribution in [0.15, 0.2) is 42.4 Å². The molecule has 178 valence electrons. The fourth-order valence-corrected chi connectivity index (χ4v) is 4.92. The van der Waals surface area contributed by atoms with Crippen molar-refractivity contribution in [2.24, 2.45) is 10.9 Å². The molecule has 34 heavy (non-hydrogen) atoms. The molecule has 0 bridgehead atoms. The summed E-state index contributed by atoms with van der Waals surface area (Å²) in [7, 11) is 0. The third-order valence-electron chi connectivity index (χ3n) is 6.85. The summed E-state index contributed by atoms with van der Waals surface area (Å²) in [5.74, 6) is -1.08. The predicted molar refractivity (Wildman–Crippen MR) is 129 cm³/mol. The van der Waals surface area contributed by atoms with E-state index in [1.807, 2.05) is 6.92 Å². The minimum absolute atomic E-state index is 0.0350. The number of ether oxygens (including phenoxy) is 1.